The number of aliphatic hydroxyl groups is 4. The average Bonchev–Trinajstić information content (AvgIpc) is 2.41. The molecular formula is C12H14O9. The van der Waals surface area contributed by atoms with E-state index < -0.39 is 43.5 Å². The van der Waals surface area contributed by atoms with Crippen molar-refractivity contribution in [3.05, 3.63) is 29.3 Å². The third-order valence-electron chi connectivity index (χ3n) is 2.18. The minimum Gasteiger partial charge on any atom is -0.507 e. The van der Waals surface area contributed by atoms with Gasteiger partial charge in [-0.2, -0.15) is 0 Å². The molecule has 0 atom stereocenters. The summed E-state index contributed by atoms with van der Waals surface area (Å²) in [5, 5.41) is 43.8. The van der Waals surface area contributed by atoms with Crippen molar-refractivity contribution in [3.8, 4) is 5.75 Å². The summed E-state index contributed by atoms with van der Waals surface area (Å²) < 4.78 is 8.96. The number of rotatable bonds is 6. The van der Waals surface area contributed by atoms with Crippen LogP contribution in [0.4, 0.5) is 0 Å². The van der Waals surface area contributed by atoms with Crippen LogP contribution in [0.5, 0.6) is 5.75 Å². The van der Waals surface area contributed by atoms with E-state index >= 15 is 0 Å². The highest BCUT2D eigenvalue weighted by Gasteiger charge is 2.17. The number of aliphatic hydroxyl groups excluding tert-OH is 2. The van der Waals surface area contributed by atoms with Crippen molar-refractivity contribution < 1.29 is 44.6 Å². The minimum atomic E-state index is -1.84. The SMILES string of the molecule is O=C(OCC(O)O)c1ccc(C(=O)OCC(O)O)c(O)c1. The smallest absolute Gasteiger partial charge is 0.342 e. The minimum absolute atomic E-state index is 0.119. The summed E-state index contributed by atoms with van der Waals surface area (Å²) >= 11 is 0. The van der Waals surface area contributed by atoms with Crippen molar-refractivity contribution in [2.75, 3.05) is 13.2 Å². The van der Waals surface area contributed by atoms with Crippen molar-refractivity contribution in [2.45, 2.75) is 12.6 Å². The molecule has 116 valence electrons. The second kappa shape index (κ2) is 7.55. The lowest BCUT2D eigenvalue weighted by atomic mass is 10.1. The normalized spacial score (nSPS) is 10.8. The topological polar surface area (TPSA) is 154 Å². The maximum Gasteiger partial charge on any atom is 0.342 e. The van der Waals surface area contributed by atoms with Gasteiger partial charge in [-0.25, -0.2) is 9.59 Å². The molecule has 0 aliphatic rings. The van der Waals surface area contributed by atoms with Gasteiger partial charge in [0.15, 0.2) is 12.6 Å². The van der Waals surface area contributed by atoms with Gasteiger partial charge in [0.1, 0.15) is 24.5 Å². The fraction of sp³-hybridized carbons (Fsp3) is 0.333. The molecule has 1 aromatic carbocycles. The lowest BCUT2D eigenvalue weighted by molar-refractivity contribution is -0.0815. The molecule has 21 heavy (non-hydrogen) atoms. The van der Waals surface area contributed by atoms with Gasteiger partial charge < -0.3 is 35.0 Å². The predicted octanol–water partition coefficient (Wildman–Crippen LogP) is -1.67. The van der Waals surface area contributed by atoms with Gasteiger partial charge in [0.2, 0.25) is 0 Å². The molecule has 0 unspecified atom stereocenters. The highest BCUT2D eigenvalue weighted by Crippen LogP contribution is 2.20. The number of benzene rings is 1. The maximum absolute atomic E-state index is 11.5. The number of esters is 2. The molecule has 0 aliphatic carbocycles. The Morgan fingerprint density at radius 2 is 1.48 bits per heavy atom. The predicted molar refractivity (Wildman–Crippen MR) is 65.1 cm³/mol. The van der Waals surface area contributed by atoms with Crippen LogP contribution in [-0.2, 0) is 9.47 Å². The first-order valence-corrected chi connectivity index (χ1v) is 5.70. The molecule has 0 radical (unpaired) electrons. The van der Waals surface area contributed by atoms with E-state index in [-0.39, 0.29) is 11.1 Å². The molecule has 0 saturated carbocycles. The van der Waals surface area contributed by atoms with Crippen molar-refractivity contribution in [1.29, 1.82) is 0 Å². The molecule has 0 saturated heterocycles. The number of ether oxygens (including phenoxy) is 2. The average molecular weight is 302 g/mol. The third kappa shape index (κ3) is 5.36. The Morgan fingerprint density at radius 1 is 0.952 bits per heavy atom. The first-order chi connectivity index (χ1) is 9.81. The highest BCUT2D eigenvalue weighted by atomic mass is 16.6. The van der Waals surface area contributed by atoms with Gasteiger partial charge in [0.25, 0.3) is 0 Å². The van der Waals surface area contributed by atoms with Crippen LogP contribution < -0.4 is 0 Å². The van der Waals surface area contributed by atoms with Crippen LogP contribution in [0.2, 0.25) is 0 Å². The molecule has 0 bridgehead atoms. The molecule has 0 amide bonds. The van der Waals surface area contributed by atoms with Crippen LogP contribution in [0.25, 0.3) is 0 Å². The second-order valence-electron chi connectivity index (χ2n) is 3.89. The zero-order valence-electron chi connectivity index (χ0n) is 10.7. The van der Waals surface area contributed by atoms with E-state index in [0.29, 0.717) is 0 Å². The summed E-state index contributed by atoms with van der Waals surface area (Å²) in [5.74, 6) is -2.51. The van der Waals surface area contributed by atoms with Crippen LogP contribution in [0.15, 0.2) is 18.2 Å². The summed E-state index contributed by atoms with van der Waals surface area (Å²) in [6, 6.07) is 3.16. The van der Waals surface area contributed by atoms with E-state index in [4.69, 9.17) is 20.4 Å². The zero-order valence-corrected chi connectivity index (χ0v) is 10.7. The molecule has 0 fully saturated rings. The summed E-state index contributed by atoms with van der Waals surface area (Å²) in [6.45, 7) is -1.31. The fourth-order valence-corrected chi connectivity index (χ4v) is 1.29. The molecule has 9 heteroatoms. The van der Waals surface area contributed by atoms with E-state index in [0.717, 1.165) is 18.2 Å². The van der Waals surface area contributed by atoms with E-state index in [1.54, 1.807) is 0 Å². The number of carbonyl (C=O) groups is 2. The Bertz CT molecular complexity index is 509. The Morgan fingerprint density at radius 3 is 1.95 bits per heavy atom. The van der Waals surface area contributed by atoms with E-state index in [9.17, 15) is 14.7 Å². The summed E-state index contributed by atoms with van der Waals surface area (Å²) in [6.07, 6.45) is -3.66. The number of hydrogen-bond donors (Lipinski definition) is 5. The summed E-state index contributed by atoms with van der Waals surface area (Å²) in [5.41, 5.74) is -0.402. The van der Waals surface area contributed by atoms with Gasteiger partial charge >= 0.3 is 11.9 Å². The highest BCUT2D eigenvalue weighted by molar-refractivity contribution is 5.96. The summed E-state index contributed by atoms with van der Waals surface area (Å²) in [7, 11) is 0. The van der Waals surface area contributed by atoms with Crippen LogP contribution in [0.3, 0.4) is 0 Å². The number of carbonyl (C=O) groups excluding carboxylic acids is 2. The number of phenols is 1. The van der Waals surface area contributed by atoms with Gasteiger partial charge in [-0.1, -0.05) is 0 Å². The number of hydrogen-bond acceptors (Lipinski definition) is 9. The first kappa shape index (κ1) is 16.9. The Labute approximate surface area is 118 Å². The van der Waals surface area contributed by atoms with Gasteiger partial charge in [0, 0.05) is 0 Å². The van der Waals surface area contributed by atoms with Gasteiger partial charge in [-0.15, -0.1) is 0 Å². The van der Waals surface area contributed by atoms with Crippen LogP contribution in [0.1, 0.15) is 20.7 Å². The Hall–Kier alpha value is -2.20. The quantitative estimate of drug-likeness (QED) is 0.306. The van der Waals surface area contributed by atoms with E-state index in [1.165, 1.54) is 0 Å². The zero-order chi connectivity index (χ0) is 16.0. The summed E-state index contributed by atoms with van der Waals surface area (Å²) in [4.78, 5) is 22.9. The van der Waals surface area contributed by atoms with Crippen molar-refractivity contribution in [3.63, 3.8) is 0 Å². The third-order valence-corrected chi connectivity index (χ3v) is 2.18. The second-order valence-corrected chi connectivity index (χ2v) is 3.89. The maximum atomic E-state index is 11.5. The molecule has 9 nitrogen and oxygen atoms in total. The molecular weight excluding hydrogens is 288 g/mol. The van der Waals surface area contributed by atoms with Crippen molar-refractivity contribution in [1.82, 2.24) is 0 Å². The molecule has 0 aliphatic heterocycles. The molecule has 1 aromatic rings. The standard InChI is InChI=1S/C12H14O9/c13-8-3-6(11(18)20-4-9(14)15)1-2-7(8)12(19)21-5-10(16)17/h1-3,9-10,13-17H,4-5H2. The van der Waals surface area contributed by atoms with Crippen LogP contribution in [0, 0.1) is 0 Å². The Kier molecular flexibility index (Phi) is 6.06. The molecule has 0 spiro atoms. The number of aromatic hydroxyl groups is 1. The Balaban J connectivity index is 2.75. The molecule has 5 N–H and O–H groups in total. The molecule has 1 rings (SSSR count). The largest absolute Gasteiger partial charge is 0.507 e. The monoisotopic (exact) mass is 302 g/mol. The van der Waals surface area contributed by atoms with Crippen molar-refractivity contribution in [2.24, 2.45) is 0 Å². The van der Waals surface area contributed by atoms with Crippen LogP contribution in [-0.4, -0.2) is 63.3 Å². The lowest BCUT2D eigenvalue weighted by Gasteiger charge is -2.09. The molecule has 0 aromatic heterocycles. The fourth-order valence-electron chi connectivity index (χ4n) is 1.29. The molecule has 0 heterocycles. The lowest BCUT2D eigenvalue weighted by Crippen LogP contribution is -2.18. The van der Waals surface area contributed by atoms with E-state index in [2.05, 4.69) is 9.47 Å². The van der Waals surface area contributed by atoms with Crippen molar-refractivity contribution >= 4 is 11.9 Å². The van der Waals surface area contributed by atoms with Crippen LogP contribution >= 0.6 is 0 Å². The van der Waals surface area contributed by atoms with Gasteiger partial charge in [0.05, 0.1) is 5.56 Å². The van der Waals surface area contributed by atoms with E-state index in [1.807, 2.05) is 0 Å². The first-order valence-electron chi connectivity index (χ1n) is 5.70. The number of phenolic OH excluding ortho intramolecular Hbond substituents is 1. The van der Waals surface area contributed by atoms with Gasteiger partial charge in [-0.3, -0.25) is 0 Å². The van der Waals surface area contributed by atoms with Gasteiger partial charge in [-0.05, 0) is 18.2 Å².